The zero-order valence-electron chi connectivity index (χ0n) is 64.4. The summed E-state index contributed by atoms with van der Waals surface area (Å²) in [6, 6.07) is 109. The number of hydrogen-bond donors (Lipinski definition) is 0. The second kappa shape index (κ2) is 32.9. The highest BCUT2D eigenvalue weighted by molar-refractivity contribution is 14.1. The van der Waals surface area contributed by atoms with Crippen molar-refractivity contribution in [3.63, 3.8) is 0 Å². The molecule has 0 unspecified atom stereocenters. The van der Waals surface area contributed by atoms with Gasteiger partial charge in [-0.2, -0.15) is 0 Å². The fourth-order valence-corrected chi connectivity index (χ4v) is 17.1. The van der Waals surface area contributed by atoms with Gasteiger partial charge < -0.3 is 23.4 Å². The molecule has 15 aromatic rings. The lowest BCUT2D eigenvalue weighted by molar-refractivity contribution is 0.00578. The van der Waals surface area contributed by atoms with Crippen LogP contribution >= 0.6 is 70.4 Å². The number of halogens is 4. The summed E-state index contributed by atoms with van der Waals surface area (Å²) >= 11 is 12.6. The Labute approximate surface area is 694 Å². The van der Waals surface area contributed by atoms with E-state index in [0.29, 0.717) is 0 Å². The van der Waals surface area contributed by atoms with Crippen LogP contribution in [-0.2, 0) is 23.4 Å². The molecule has 5 aliphatic rings. The molecular weight excluding hydrogens is 1670 g/mol. The van der Waals surface area contributed by atoms with Gasteiger partial charge in [0.2, 0.25) is 0 Å². The molecule has 0 amide bonds. The summed E-state index contributed by atoms with van der Waals surface area (Å²) in [5.41, 5.74) is 24.4. The number of benzene rings is 15. The predicted octanol–water partition coefficient (Wildman–Crippen LogP) is 29.0. The highest BCUT2D eigenvalue weighted by atomic mass is 127. The van der Waals surface area contributed by atoms with Crippen molar-refractivity contribution in [3.05, 3.63) is 326 Å². The Morgan fingerprint density at radius 3 is 0.937 bits per heavy atom. The maximum Gasteiger partial charge on any atom is 0.495 e. The highest BCUT2D eigenvalue weighted by Crippen LogP contribution is 2.60. The summed E-state index contributed by atoms with van der Waals surface area (Å²) in [4.78, 5) is 0. The molecule has 0 saturated carbocycles. The Morgan fingerprint density at radius 2 is 0.595 bits per heavy atom. The molecule has 111 heavy (non-hydrogen) atoms. The fourth-order valence-electron chi connectivity index (χ4n) is 15.9. The molecule has 20 rings (SSSR count). The van der Waals surface area contributed by atoms with Gasteiger partial charge >= 0.3 is 14.2 Å². The second-order valence-corrected chi connectivity index (χ2v) is 34.8. The topological polar surface area (TPSA) is 46.2 Å². The molecule has 0 bridgehead atoms. The molecule has 3 aliphatic heterocycles. The Morgan fingerprint density at radius 1 is 0.288 bits per heavy atom. The van der Waals surface area contributed by atoms with Crippen molar-refractivity contribution in [1.29, 1.82) is 0 Å². The van der Waals surface area contributed by atoms with Gasteiger partial charge in [-0.3, -0.25) is 0 Å². The molecular formula is C100H88B2Br3IO5. The highest BCUT2D eigenvalue weighted by Gasteiger charge is 2.53. The molecule has 15 aromatic carbocycles. The Balaban J connectivity index is 0.000000127. The van der Waals surface area contributed by atoms with Gasteiger partial charge in [-0.25, -0.2) is 0 Å². The minimum Gasteiger partial charge on any atom is -0.403 e. The number of fused-ring (bicyclic) bond motifs is 8. The summed E-state index contributed by atoms with van der Waals surface area (Å²) in [5, 5.41) is 10.2. The lowest BCUT2D eigenvalue weighted by Crippen LogP contribution is -2.41. The number of rotatable bonds is 6. The van der Waals surface area contributed by atoms with Crippen LogP contribution in [0.15, 0.2) is 317 Å². The largest absolute Gasteiger partial charge is 0.495 e. The molecule has 11 heteroatoms. The normalized spacial score (nSPS) is 15.2. The third kappa shape index (κ3) is 15.7. The van der Waals surface area contributed by atoms with Gasteiger partial charge in [0.1, 0.15) is 0 Å². The molecule has 3 heterocycles. The van der Waals surface area contributed by atoms with Gasteiger partial charge in [-0.05, 0) is 302 Å². The van der Waals surface area contributed by atoms with E-state index < -0.39 is 18.3 Å². The van der Waals surface area contributed by atoms with Crippen molar-refractivity contribution >= 4 is 133 Å². The predicted molar refractivity (Wildman–Crippen MR) is 490 cm³/mol. The SMILES string of the molecule is Brc1ccc(-c2ccc3c4c(cccc24)-c2c-3c(-c3ccccc3)c3ccccc3c2-c2ccccc2)cc1.Brc1ccc(I)cc1.C1CCOC1.CB1OC(C)(C)C(C)(C)O1.CC1(C)OB(c2ccc3c4c(cccc24)-c2c-3c(-c3ccccc3)c3ccccc3c2-c2ccccc2)OC1(C)C.Cc1ccc(Br)cc1. The maximum atomic E-state index is 6.56. The van der Waals surface area contributed by atoms with E-state index in [-0.39, 0.29) is 18.3 Å². The number of aryl methyl sites for hydroxylation is 1. The lowest BCUT2D eigenvalue weighted by atomic mass is 9.75. The zero-order chi connectivity index (χ0) is 77.3. The molecule has 0 radical (unpaired) electrons. The summed E-state index contributed by atoms with van der Waals surface area (Å²) in [6.45, 7) is 22.7. The smallest absolute Gasteiger partial charge is 0.403 e. The van der Waals surface area contributed by atoms with Crippen LogP contribution in [0, 0.1) is 10.5 Å². The molecule has 2 aliphatic carbocycles. The Bertz CT molecular complexity index is 5570. The van der Waals surface area contributed by atoms with E-state index in [4.69, 9.17) is 23.4 Å². The van der Waals surface area contributed by atoms with Crippen LogP contribution in [0.25, 0.3) is 143 Å². The van der Waals surface area contributed by atoms with Crippen molar-refractivity contribution in [2.75, 3.05) is 13.2 Å². The molecule has 3 fully saturated rings. The summed E-state index contributed by atoms with van der Waals surface area (Å²) in [7, 11) is -0.487. The standard InChI is InChI=1S/C38H31BO2.C38H23Br.C7H15BO2.C7H7Br.C6H4BrI.C4H8O/c1-37(2)38(3,4)41-39(40-37)31-23-22-30-34-28(31)20-13-21-29(34)35-32(24-14-7-5-8-15-24)26-18-11-12-19-27(26)33(36(30)35)25-16-9-6-10-17-25;39-27-20-18-24(19-21-27)28-22-23-33-36-29(28)16-9-17-32(36)37-34(25-10-3-1-4-11-25)30-14-7-8-15-31(30)35(38(33)37)26-12-5-2-6-13-26;1-6(2)7(3,4)10-8(5)9-6;1-6-2-4-7(8)5-3-6;7-5-1-3-6(8)4-2-5;1-2-4-5-3-1/h5-23H,1-4H3;1-23H;1-5H3;2-5H,1H3;1-4H;1-4H2. The minimum absolute atomic E-state index is 0.0648. The van der Waals surface area contributed by atoms with Gasteiger partial charge in [0.05, 0.1) is 22.4 Å². The van der Waals surface area contributed by atoms with E-state index in [0.717, 1.165) is 32.1 Å². The van der Waals surface area contributed by atoms with Gasteiger partial charge in [0.15, 0.2) is 0 Å². The second-order valence-electron chi connectivity index (χ2n) is 30.8. The molecule has 0 atom stereocenters. The summed E-state index contributed by atoms with van der Waals surface area (Å²) in [6.07, 6.45) is 2.56. The number of ether oxygens (including phenoxy) is 1. The Kier molecular flexibility index (Phi) is 23.0. The van der Waals surface area contributed by atoms with Crippen molar-refractivity contribution in [1.82, 2.24) is 0 Å². The Hall–Kier alpha value is -8.56. The first-order chi connectivity index (χ1) is 53.6. The third-order valence-corrected chi connectivity index (χ3v) is 24.9. The quantitative estimate of drug-likeness (QED) is 0.123. The molecule has 0 aromatic heterocycles. The fraction of sp³-hybridized carbons (Fsp3) is 0.180. The van der Waals surface area contributed by atoms with E-state index >= 15 is 0 Å². The molecule has 0 N–H and O–H groups in total. The first-order valence-electron chi connectivity index (χ1n) is 38.3. The summed E-state index contributed by atoms with van der Waals surface area (Å²) < 4.78 is 33.8. The first kappa shape index (κ1) is 77.7. The van der Waals surface area contributed by atoms with Crippen molar-refractivity contribution in [2.24, 2.45) is 0 Å². The first-order valence-corrected chi connectivity index (χ1v) is 41.7. The van der Waals surface area contributed by atoms with E-state index in [1.54, 1.807) is 0 Å². The van der Waals surface area contributed by atoms with Gasteiger partial charge in [0.25, 0.3) is 0 Å². The van der Waals surface area contributed by atoms with E-state index in [9.17, 15) is 0 Å². The van der Waals surface area contributed by atoms with Crippen LogP contribution in [0.1, 0.15) is 73.8 Å². The number of hydrogen-bond acceptors (Lipinski definition) is 5. The van der Waals surface area contributed by atoms with Crippen LogP contribution < -0.4 is 5.46 Å². The van der Waals surface area contributed by atoms with Gasteiger partial charge in [0, 0.05) is 30.2 Å². The minimum atomic E-state index is -0.422. The van der Waals surface area contributed by atoms with Crippen molar-refractivity contribution in [3.8, 4) is 100 Å². The summed E-state index contributed by atoms with van der Waals surface area (Å²) in [5.74, 6) is 0. The van der Waals surface area contributed by atoms with E-state index in [1.165, 1.54) is 165 Å². The van der Waals surface area contributed by atoms with Gasteiger partial charge in [-0.1, -0.05) is 308 Å². The van der Waals surface area contributed by atoms with Crippen LogP contribution in [0.5, 0.6) is 0 Å². The van der Waals surface area contributed by atoms with Crippen LogP contribution in [0.2, 0.25) is 6.82 Å². The van der Waals surface area contributed by atoms with Crippen LogP contribution in [-0.4, -0.2) is 49.9 Å². The molecule has 552 valence electrons. The average Bonchev–Trinajstić information content (AvgIpc) is 1.54. The average molecular weight is 1760 g/mol. The van der Waals surface area contributed by atoms with E-state index in [1.807, 2.05) is 31.1 Å². The molecule has 3 saturated heterocycles. The third-order valence-electron chi connectivity index (χ3n) is 22.5. The molecule has 5 nitrogen and oxygen atoms in total. The van der Waals surface area contributed by atoms with Crippen molar-refractivity contribution < 1.29 is 23.4 Å². The monoisotopic (exact) mass is 1750 g/mol. The van der Waals surface area contributed by atoms with Crippen LogP contribution in [0.3, 0.4) is 0 Å². The lowest BCUT2D eigenvalue weighted by Gasteiger charge is -2.32. The molecule has 0 spiro atoms. The van der Waals surface area contributed by atoms with E-state index in [2.05, 4.69) is 412 Å². The zero-order valence-corrected chi connectivity index (χ0v) is 71.3. The maximum absolute atomic E-state index is 6.56. The van der Waals surface area contributed by atoms with Crippen molar-refractivity contribution in [2.45, 2.75) is 104 Å². The van der Waals surface area contributed by atoms with Gasteiger partial charge in [-0.15, -0.1) is 0 Å². The van der Waals surface area contributed by atoms with Crippen LogP contribution in [0.4, 0.5) is 0 Å².